The number of carbonyl (C=O) groups is 1. The summed E-state index contributed by atoms with van der Waals surface area (Å²) in [6.45, 7) is 2.26. The summed E-state index contributed by atoms with van der Waals surface area (Å²) in [4.78, 5) is 46.2. The molecule has 166 valence electrons. The van der Waals surface area contributed by atoms with E-state index in [0.29, 0.717) is 6.42 Å². The number of carboxylic acids is 1. The summed E-state index contributed by atoms with van der Waals surface area (Å²) in [5.74, 6) is -0.664. The van der Waals surface area contributed by atoms with Gasteiger partial charge >= 0.3 is 23.0 Å². The summed E-state index contributed by atoms with van der Waals surface area (Å²) in [5.41, 5.74) is -2.41. The Kier molecular flexibility index (Phi) is 17.4. The second-order valence-corrected chi connectivity index (χ2v) is 7.09. The van der Waals surface area contributed by atoms with E-state index in [-0.39, 0.29) is 0 Å². The SMILES string of the molecule is CCCCCCCC/C=C\CCCCCCCC(=O)O.O=c1[nH]c(=O)[nH]c(=O)[nH]1. The Hall–Kier alpha value is -2.38. The number of hydrogen-bond donors (Lipinski definition) is 4. The van der Waals surface area contributed by atoms with Gasteiger partial charge in [-0.05, 0) is 32.1 Å². The van der Waals surface area contributed by atoms with E-state index >= 15 is 0 Å². The van der Waals surface area contributed by atoms with E-state index in [1.54, 1.807) is 15.0 Å². The van der Waals surface area contributed by atoms with Crippen molar-refractivity contribution in [1.82, 2.24) is 15.0 Å². The molecule has 0 spiro atoms. The van der Waals surface area contributed by atoms with Crippen molar-refractivity contribution in [3.05, 3.63) is 43.6 Å². The highest BCUT2D eigenvalue weighted by atomic mass is 16.4. The van der Waals surface area contributed by atoms with E-state index in [1.807, 2.05) is 0 Å². The standard InChI is InChI=1S/C18H34O2.C3H3N3O3/c1-2-3-4-5-6-7-8-9-10-11-12-13-14-15-16-17-18(19)20;7-1-4-2(8)6-3(9)5-1/h9-10H,2-8,11-17H2,1H3,(H,19,20);(H3,4,5,6,7,8,9)/b10-9-;. The lowest BCUT2D eigenvalue weighted by molar-refractivity contribution is -0.137. The van der Waals surface area contributed by atoms with Crippen LogP contribution in [0.2, 0.25) is 0 Å². The molecule has 1 rings (SSSR count). The summed E-state index contributed by atoms with van der Waals surface area (Å²) < 4.78 is 0. The molecule has 0 bridgehead atoms. The van der Waals surface area contributed by atoms with Gasteiger partial charge < -0.3 is 5.11 Å². The topological polar surface area (TPSA) is 136 Å². The maximum atomic E-state index is 10.3. The Morgan fingerprint density at radius 1 is 0.690 bits per heavy atom. The molecule has 8 nitrogen and oxygen atoms in total. The number of hydrogen-bond acceptors (Lipinski definition) is 4. The fourth-order valence-electron chi connectivity index (χ4n) is 2.75. The Balaban J connectivity index is 0.000000717. The van der Waals surface area contributed by atoms with Crippen LogP contribution in [-0.4, -0.2) is 26.0 Å². The number of aliphatic carboxylic acids is 1. The molecule has 0 saturated carbocycles. The van der Waals surface area contributed by atoms with Crippen LogP contribution in [0.5, 0.6) is 0 Å². The Bertz CT molecular complexity index is 639. The monoisotopic (exact) mass is 411 g/mol. The smallest absolute Gasteiger partial charge is 0.330 e. The van der Waals surface area contributed by atoms with Crippen LogP contribution in [0, 0.1) is 0 Å². The highest BCUT2D eigenvalue weighted by Gasteiger charge is 1.95. The minimum Gasteiger partial charge on any atom is -0.481 e. The molecule has 0 fully saturated rings. The second kappa shape index (κ2) is 19.0. The quantitative estimate of drug-likeness (QED) is 0.257. The van der Waals surface area contributed by atoms with Crippen molar-refractivity contribution in [1.29, 1.82) is 0 Å². The Labute approximate surface area is 171 Å². The van der Waals surface area contributed by atoms with Crippen molar-refractivity contribution in [3.63, 3.8) is 0 Å². The summed E-state index contributed by atoms with van der Waals surface area (Å²) in [7, 11) is 0. The molecule has 1 aromatic rings. The second-order valence-electron chi connectivity index (χ2n) is 7.09. The van der Waals surface area contributed by atoms with Crippen LogP contribution in [0.25, 0.3) is 0 Å². The molecule has 1 heterocycles. The van der Waals surface area contributed by atoms with Gasteiger partial charge in [0, 0.05) is 6.42 Å². The maximum Gasteiger partial charge on any atom is 0.330 e. The maximum absolute atomic E-state index is 10.3. The lowest BCUT2D eigenvalue weighted by Gasteiger charge is -1.99. The molecule has 0 aliphatic heterocycles. The minimum absolute atomic E-state index is 0.332. The molecule has 0 aliphatic rings. The van der Waals surface area contributed by atoms with Crippen molar-refractivity contribution >= 4 is 5.97 Å². The van der Waals surface area contributed by atoms with Crippen LogP contribution in [0.15, 0.2) is 26.5 Å². The van der Waals surface area contributed by atoms with Gasteiger partial charge in [0.15, 0.2) is 0 Å². The molecule has 0 aromatic carbocycles. The zero-order chi connectivity index (χ0) is 21.7. The zero-order valence-corrected chi connectivity index (χ0v) is 17.6. The van der Waals surface area contributed by atoms with Gasteiger partial charge in [-0.15, -0.1) is 0 Å². The average Bonchev–Trinajstić information content (AvgIpc) is 2.64. The molecule has 1 aromatic heterocycles. The van der Waals surface area contributed by atoms with Gasteiger partial charge in [-0.3, -0.25) is 19.7 Å². The van der Waals surface area contributed by atoms with E-state index in [0.717, 1.165) is 12.8 Å². The fourth-order valence-corrected chi connectivity index (χ4v) is 2.75. The fraction of sp³-hybridized carbons (Fsp3) is 0.714. The third kappa shape index (κ3) is 20.2. The summed E-state index contributed by atoms with van der Waals surface area (Å²) in [6, 6.07) is 0. The predicted octanol–water partition coefficient (Wildman–Crippen LogP) is 3.86. The van der Waals surface area contributed by atoms with Crippen molar-refractivity contribution in [3.8, 4) is 0 Å². The number of H-pyrrole nitrogens is 3. The molecule has 4 N–H and O–H groups in total. The van der Waals surface area contributed by atoms with Gasteiger partial charge in [0.25, 0.3) is 0 Å². The molecule has 0 atom stereocenters. The molecule has 0 aliphatic carbocycles. The van der Waals surface area contributed by atoms with Gasteiger partial charge in [0.1, 0.15) is 0 Å². The van der Waals surface area contributed by atoms with Crippen molar-refractivity contribution < 1.29 is 9.90 Å². The number of allylic oxidation sites excluding steroid dienone is 2. The molecule has 0 radical (unpaired) electrons. The number of unbranched alkanes of at least 4 members (excludes halogenated alkanes) is 11. The van der Waals surface area contributed by atoms with Gasteiger partial charge in [-0.2, -0.15) is 0 Å². The highest BCUT2D eigenvalue weighted by Crippen LogP contribution is 2.09. The summed E-state index contributed by atoms with van der Waals surface area (Å²) in [6.07, 6.45) is 21.2. The third-order valence-electron chi connectivity index (χ3n) is 4.33. The molecular weight excluding hydrogens is 374 g/mol. The minimum atomic E-state index is -0.802. The highest BCUT2D eigenvalue weighted by molar-refractivity contribution is 5.66. The molecule has 0 amide bonds. The molecular formula is C21H37N3O5. The van der Waals surface area contributed by atoms with Gasteiger partial charge in [-0.25, -0.2) is 14.4 Å². The first-order chi connectivity index (χ1) is 14.0. The first-order valence-electron chi connectivity index (χ1n) is 10.8. The van der Waals surface area contributed by atoms with E-state index in [2.05, 4.69) is 19.1 Å². The van der Waals surface area contributed by atoms with Crippen molar-refractivity contribution in [2.75, 3.05) is 0 Å². The van der Waals surface area contributed by atoms with Crippen LogP contribution in [0.1, 0.15) is 96.8 Å². The Morgan fingerprint density at radius 3 is 1.48 bits per heavy atom. The van der Waals surface area contributed by atoms with Gasteiger partial charge in [0.05, 0.1) is 0 Å². The average molecular weight is 412 g/mol. The van der Waals surface area contributed by atoms with Crippen LogP contribution < -0.4 is 17.1 Å². The van der Waals surface area contributed by atoms with Crippen molar-refractivity contribution in [2.24, 2.45) is 0 Å². The first-order valence-corrected chi connectivity index (χ1v) is 10.8. The van der Waals surface area contributed by atoms with E-state index in [1.165, 1.54) is 70.6 Å². The predicted molar refractivity (Wildman–Crippen MR) is 115 cm³/mol. The van der Waals surface area contributed by atoms with Gasteiger partial charge in [-0.1, -0.05) is 70.4 Å². The molecule has 8 heteroatoms. The number of aromatic nitrogens is 3. The van der Waals surface area contributed by atoms with Crippen LogP contribution >= 0.6 is 0 Å². The van der Waals surface area contributed by atoms with E-state index < -0.39 is 23.0 Å². The summed E-state index contributed by atoms with van der Waals surface area (Å²) >= 11 is 0. The van der Waals surface area contributed by atoms with Gasteiger partial charge in [0.2, 0.25) is 0 Å². The van der Waals surface area contributed by atoms with Crippen LogP contribution in [0.4, 0.5) is 0 Å². The number of rotatable bonds is 15. The number of aromatic amines is 3. The summed E-state index contributed by atoms with van der Waals surface area (Å²) in [5, 5.41) is 8.51. The van der Waals surface area contributed by atoms with Crippen molar-refractivity contribution in [2.45, 2.75) is 96.8 Å². The van der Waals surface area contributed by atoms with Crippen LogP contribution in [-0.2, 0) is 4.79 Å². The lowest BCUT2D eigenvalue weighted by atomic mass is 10.1. The molecule has 29 heavy (non-hydrogen) atoms. The largest absolute Gasteiger partial charge is 0.481 e. The van der Waals surface area contributed by atoms with E-state index in [4.69, 9.17) is 5.11 Å². The Morgan fingerprint density at radius 2 is 1.07 bits per heavy atom. The first kappa shape index (κ1) is 26.6. The zero-order valence-electron chi connectivity index (χ0n) is 17.6. The molecule has 0 unspecified atom stereocenters. The lowest BCUT2D eigenvalue weighted by Crippen LogP contribution is -2.34. The normalized spacial score (nSPS) is 10.7. The molecule has 0 saturated heterocycles. The third-order valence-corrected chi connectivity index (χ3v) is 4.33. The number of carboxylic acid groups (broad SMARTS) is 1. The number of nitrogens with one attached hydrogen (secondary N) is 3. The van der Waals surface area contributed by atoms with E-state index in [9.17, 15) is 19.2 Å². The van der Waals surface area contributed by atoms with Crippen LogP contribution in [0.3, 0.4) is 0 Å².